The van der Waals surface area contributed by atoms with Crippen LogP contribution in [0.4, 0.5) is 0 Å². The molecule has 33 heavy (non-hydrogen) atoms. The minimum absolute atomic E-state index is 0.109. The maximum atomic E-state index is 13.0. The molecule has 1 atom stereocenters. The third-order valence-electron chi connectivity index (χ3n) is 5.42. The van der Waals surface area contributed by atoms with Crippen LogP contribution in [-0.2, 0) is 11.3 Å². The largest absolute Gasteiger partial charge is 0.483 e. The normalized spacial score (nSPS) is 11.8. The summed E-state index contributed by atoms with van der Waals surface area (Å²) in [7, 11) is 3.31. The Morgan fingerprint density at radius 3 is 2.52 bits per heavy atom. The third kappa shape index (κ3) is 5.14. The van der Waals surface area contributed by atoms with Crippen molar-refractivity contribution in [1.29, 1.82) is 0 Å². The van der Waals surface area contributed by atoms with E-state index in [1.807, 2.05) is 19.1 Å². The van der Waals surface area contributed by atoms with Gasteiger partial charge in [0.05, 0.1) is 16.9 Å². The molecular formula is C24H28N4O5. The highest BCUT2D eigenvalue weighted by Gasteiger charge is 2.19. The molecule has 0 aliphatic rings. The number of nitrogens with one attached hydrogen (secondary N) is 2. The van der Waals surface area contributed by atoms with E-state index < -0.39 is 11.2 Å². The number of benzene rings is 2. The first-order valence-electron chi connectivity index (χ1n) is 10.8. The predicted octanol–water partition coefficient (Wildman–Crippen LogP) is 2.06. The lowest BCUT2D eigenvalue weighted by molar-refractivity contribution is -0.130. The fourth-order valence-corrected chi connectivity index (χ4v) is 3.49. The molecule has 0 fully saturated rings. The van der Waals surface area contributed by atoms with Crippen molar-refractivity contribution in [3.8, 4) is 5.75 Å². The highest BCUT2D eigenvalue weighted by molar-refractivity contribution is 5.97. The van der Waals surface area contributed by atoms with Gasteiger partial charge in [-0.25, -0.2) is 4.79 Å². The number of aromatic nitrogens is 2. The van der Waals surface area contributed by atoms with Crippen LogP contribution >= 0.6 is 0 Å². The van der Waals surface area contributed by atoms with Crippen LogP contribution in [0.2, 0.25) is 0 Å². The van der Waals surface area contributed by atoms with E-state index in [2.05, 4.69) is 10.3 Å². The summed E-state index contributed by atoms with van der Waals surface area (Å²) in [5.41, 5.74) is 0.457. The molecule has 0 radical (unpaired) electrons. The van der Waals surface area contributed by atoms with Crippen molar-refractivity contribution in [3.05, 3.63) is 74.4 Å². The zero-order valence-corrected chi connectivity index (χ0v) is 19.2. The first-order chi connectivity index (χ1) is 15.8. The predicted molar refractivity (Wildman–Crippen MR) is 126 cm³/mol. The number of hydrogen-bond donors (Lipinski definition) is 2. The Kier molecular flexibility index (Phi) is 7.32. The van der Waals surface area contributed by atoms with Gasteiger partial charge in [0, 0.05) is 31.8 Å². The number of aromatic amines is 1. The van der Waals surface area contributed by atoms with E-state index >= 15 is 0 Å². The molecule has 0 bridgehead atoms. The van der Waals surface area contributed by atoms with Crippen molar-refractivity contribution in [2.24, 2.45) is 0 Å². The second kappa shape index (κ2) is 10.2. The monoisotopic (exact) mass is 452 g/mol. The Bertz CT molecular complexity index is 1290. The summed E-state index contributed by atoms with van der Waals surface area (Å²) in [6.45, 7) is 3.79. The molecule has 1 aromatic heterocycles. The number of likely N-dealkylation sites (N-methyl/N-ethyl adjacent to an activating group) is 1. The van der Waals surface area contributed by atoms with Gasteiger partial charge in [0.25, 0.3) is 17.4 Å². The zero-order chi connectivity index (χ0) is 24.1. The molecular weight excluding hydrogens is 424 g/mol. The molecule has 9 nitrogen and oxygen atoms in total. The number of ether oxygens (including phenoxy) is 1. The standard InChI is InChI=1S/C24H28N4O5/c1-5-18(16-9-7-8-10-20(16)33-14-21(29)27(3)4)25-22(30)15-11-12-17-19(13-15)26-24(32)28(6-2)23(17)31/h7-13,18H,5-6,14H2,1-4H3,(H,25,30)(H,26,32). The van der Waals surface area contributed by atoms with Gasteiger partial charge in [-0.05, 0) is 37.6 Å². The maximum absolute atomic E-state index is 13.0. The Hall–Kier alpha value is -3.88. The van der Waals surface area contributed by atoms with E-state index in [4.69, 9.17) is 4.74 Å². The van der Waals surface area contributed by atoms with Gasteiger partial charge < -0.3 is 19.9 Å². The van der Waals surface area contributed by atoms with Crippen LogP contribution in [0, 0.1) is 0 Å². The Labute approximate surface area is 191 Å². The van der Waals surface area contributed by atoms with Gasteiger partial charge in [-0.1, -0.05) is 25.1 Å². The highest BCUT2D eigenvalue weighted by Crippen LogP contribution is 2.27. The van der Waals surface area contributed by atoms with Gasteiger partial charge in [-0.2, -0.15) is 0 Å². The Morgan fingerprint density at radius 1 is 1.12 bits per heavy atom. The van der Waals surface area contributed by atoms with Gasteiger partial charge >= 0.3 is 5.69 Å². The first-order valence-corrected chi connectivity index (χ1v) is 10.8. The molecule has 0 saturated carbocycles. The van der Waals surface area contributed by atoms with E-state index in [-0.39, 0.29) is 31.0 Å². The van der Waals surface area contributed by atoms with E-state index in [0.717, 1.165) is 10.1 Å². The smallest absolute Gasteiger partial charge is 0.328 e. The molecule has 0 spiro atoms. The van der Waals surface area contributed by atoms with Crippen molar-refractivity contribution in [2.45, 2.75) is 32.9 Å². The van der Waals surface area contributed by atoms with Crippen molar-refractivity contribution in [2.75, 3.05) is 20.7 Å². The summed E-state index contributed by atoms with van der Waals surface area (Å²) in [6, 6.07) is 11.5. The van der Waals surface area contributed by atoms with E-state index in [1.165, 1.54) is 11.0 Å². The number of H-pyrrole nitrogens is 1. The molecule has 0 aliphatic heterocycles. The lowest BCUT2D eigenvalue weighted by Crippen LogP contribution is -2.34. The molecule has 2 N–H and O–H groups in total. The van der Waals surface area contributed by atoms with Crippen molar-refractivity contribution >= 4 is 22.7 Å². The summed E-state index contributed by atoms with van der Waals surface area (Å²) in [6.07, 6.45) is 0.583. The van der Waals surface area contributed by atoms with Gasteiger partial charge in [0.1, 0.15) is 5.75 Å². The number of fused-ring (bicyclic) bond motifs is 1. The summed E-state index contributed by atoms with van der Waals surface area (Å²) >= 11 is 0. The van der Waals surface area contributed by atoms with Crippen LogP contribution in [0.5, 0.6) is 5.75 Å². The molecule has 2 aromatic carbocycles. The quantitative estimate of drug-likeness (QED) is 0.543. The van der Waals surface area contributed by atoms with E-state index in [0.29, 0.717) is 28.6 Å². The second-order valence-corrected chi connectivity index (χ2v) is 7.79. The maximum Gasteiger partial charge on any atom is 0.328 e. The number of carbonyl (C=O) groups excluding carboxylic acids is 2. The summed E-state index contributed by atoms with van der Waals surface area (Å²) in [4.78, 5) is 53.6. The molecule has 1 heterocycles. The van der Waals surface area contributed by atoms with Crippen LogP contribution in [0.15, 0.2) is 52.1 Å². The van der Waals surface area contributed by atoms with E-state index in [9.17, 15) is 19.2 Å². The zero-order valence-electron chi connectivity index (χ0n) is 19.2. The molecule has 3 rings (SSSR count). The summed E-state index contributed by atoms with van der Waals surface area (Å²) in [5, 5.41) is 3.31. The minimum Gasteiger partial charge on any atom is -0.483 e. The molecule has 2 amide bonds. The van der Waals surface area contributed by atoms with Crippen LogP contribution in [0.1, 0.15) is 42.2 Å². The fraction of sp³-hybridized carbons (Fsp3) is 0.333. The van der Waals surface area contributed by atoms with Gasteiger partial charge in [-0.3, -0.25) is 19.0 Å². The summed E-state index contributed by atoms with van der Waals surface area (Å²) in [5.74, 6) is -0.0135. The van der Waals surface area contributed by atoms with Crippen molar-refractivity contribution in [1.82, 2.24) is 19.8 Å². The first kappa shape index (κ1) is 23.8. The average molecular weight is 453 g/mol. The van der Waals surface area contributed by atoms with Crippen LogP contribution in [0.3, 0.4) is 0 Å². The third-order valence-corrected chi connectivity index (χ3v) is 5.42. The van der Waals surface area contributed by atoms with Crippen LogP contribution < -0.4 is 21.3 Å². The van der Waals surface area contributed by atoms with Crippen LogP contribution in [-0.4, -0.2) is 47.0 Å². The minimum atomic E-state index is -0.516. The molecule has 1 unspecified atom stereocenters. The lowest BCUT2D eigenvalue weighted by Gasteiger charge is -2.21. The molecule has 0 aliphatic carbocycles. The second-order valence-electron chi connectivity index (χ2n) is 7.79. The average Bonchev–Trinajstić information content (AvgIpc) is 2.80. The van der Waals surface area contributed by atoms with Gasteiger partial charge in [0.2, 0.25) is 0 Å². The summed E-state index contributed by atoms with van der Waals surface area (Å²) < 4.78 is 6.82. The highest BCUT2D eigenvalue weighted by atomic mass is 16.5. The van der Waals surface area contributed by atoms with Crippen LogP contribution in [0.25, 0.3) is 10.9 Å². The topological polar surface area (TPSA) is 114 Å². The van der Waals surface area contributed by atoms with E-state index in [1.54, 1.807) is 45.3 Å². The number of nitrogens with zero attached hydrogens (tertiary/aromatic N) is 2. The van der Waals surface area contributed by atoms with Crippen molar-refractivity contribution < 1.29 is 14.3 Å². The van der Waals surface area contributed by atoms with Crippen molar-refractivity contribution in [3.63, 3.8) is 0 Å². The number of rotatable bonds is 8. The number of carbonyl (C=O) groups is 2. The molecule has 0 saturated heterocycles. The number of para-hydroxylation sites is 1. The van der Waals surface area contributed by atoms with Gasteiger partial charge in [-0.15, -0.1) is 0 Å². The Morgan fingerprint density at radius 2 is 1.85 bits per heavy atom. The molecule has 174 valence electrons. The molecule has 9 heteroatoms. The van der Waals surface area contributed by atoms with Gasteiger partial charge in [0.15, 0.2) is 6.61 Å². The lowest BCUT2D eigenvalue weighted by atomic mass is 10.0. The fourth-order valence-electron chi connectivity index (χ4n) is 3.49. The Balaban J connectivity index is 1.86. The number of amides is 2. The number of hydrogen-bond acceptors (Lipinski definition) is 5. The SMILES string of the molecule is CCC(NC(=O)c1ccc2c(=O)n(CC)c(=O)[nH]c2c1)c1ccccc1OCC(=O)N(C)C. The molecule has 3 aromatic rings.